The first kappa shape index (κ1) is 29.4. The second-order valence-electron chi connectivity index (χ2n) is 14.5. The lowest BCUT2D eigenvalue weighted by molar-refractivity contribution is -0.181. The standard InChI is InChI=1S/C36H44O5/c1-10-19-40-31(39)33(6)14-13-32(5)15-17-35(8)27-12-11-24-23(4)29(41-30(38)22(2)3)26(37)20-25(24)34(27,7)16-18-36(35,9)28(32)21-33/h1,11-12,20,28H,2,13-19,21H2,3-9H3/t28-,32-,33-,34+,35-,36+/m1/s1. The molecular weight excluding hydrogens is 512 g/mol. The number of ether oxygens (including phenoxy) is 2. The number of rotatable bonds is 4. The van der Waals surface area contributed by atoms with Gasteiger partial charge >= 0.3 is 11.9 Å². The van der Waals surface area contributed by atoms with E-state index < -0.39 is 11.4 Å². The molecule has 0 aromatic carbocycles. The second kappa shape index (κ2) is 9.45. The third-order valence-electron chi connectivity index (χ3n) is 12.2. The van der Waals surface area contributed by atoms with Crippen molar-refractivity contribution in [3.8, 4) is 12.3 Å². The zero-order chi connectivity index (χ0) is 30.2. The number of hydrogen-bond donors (Lipinski definition) is 0. The van der Waals surface area contributed by atoms with Gasteiger partial charge in [0.15, 0.2) is 12.4 Å². The molecule has 5 rings (SSSR count). The molecule has 3 saturated carbocycles. The lowest BCUT2D eigenvalue weighted by Crippen LogP contribution is -2.62. The van der Waals surface area contributed by atoms with Crippen molar-refractivity contribution in [1.29, 1.82) is 0 Å². The molecule has 0 aromatic heterocycles. The number of terminal acetylenes is 1. The SMILES string of the molecule is C#CCOC(=O)[C@]1(C)CC[C@]2(C)CC[C@]3(C)C4=CC=C5C(=CC(=O)C(OC(=O)C(=C)C)=C5C)[C@]4(C)CC[C@@]3(C)[C@@H]2C1. The summed E-state index contributed by atoms with van der Waals surface area (Å²) in [5, 5.41) is 0. The van der Waals surface area contributed by atoms with Crippen molar-refractivity contribution in [2.24, 2.45) is 33.0 Å². The average molecular weight is 557 g/mol. The largest absolute Gasteiger partial charge is 0.452 e. The van der Waals surface area contributed by atoms with Crippen LogP contribution in [0.4, 0.5) is 0 Å². The van der Waals surface area contributed by atoms with Gasteiger partial charge in [0, 0.05) is 16.6 Å². The highest BCUT2D eigenvalue weighted by atomic mass is 16.5. The van der Waals surface area contributed by atoms with Crippen LogP contribution in [-0.4, -0.2) is 24.3 Å². The quantitative estimate of drug-likeness (QED) is 0.206. The summed E-state index contributed by atoms with van der Waals surface area (Å²) in [6.07, 6.45) is 18.2. The lowest BCUT2D eigenvalue weighted by Gasteiger charge is -2.70. The summed E-state index contributed by atoms with van der Waals surface area (Å²) in [6.45, 7) is 18.8. The Balaban J connectivity index is 1.56. The van der Waals surface area contributed by atoms with Crippen LogP contribution < -0.4 is 0 Å². The van der Waals surface area contributed by atoms with Crippen LogP contribution >= 0.6 is 0 Å². The number of fused-ring (bicyclic) bond motifs is 7. The molecule has 0 amide bonds. The van der Waals surface area contributed by atoms with Gasteiger partial charge in [-0.1, -0.05) is 57.9 Å². The minimum atomic E-state index is -0.586. The van der Waals surface area contributed by atoms with Crippen molar-refractivity contribution in [3.63, 3.8) is 0 Å². The molecule has 0 radical (unpaired) electrons. The molecule has 0 heterocycles. The minimum absolute atomic E-state index is 0.0149. The number of allylic oxidation sites excluding steroid dienone is 7. The molecule has 218 valence electrons. The highest BCUT2D eigenvalue weighted by Crippen LogP contribution is 2.75. The molecule has 0 unspecified atom stereocenters. The summed E-state index contributed by atoms with van der Waals surface area (Å²) < 4.78 is 11.0. The van der Waals surface area contributed by atoms with E-state index in [1.807, 2.05) is 6.92 Å². The number of esters is 2. The van der Waals surface area contributed by atoms with Crippen LogP contribution in [0.15, 0.2) is 58.4 Å². The summed E-state index contributed by atoms with van der Waals surface area (Å²) in [6, 6.07) is 0. The van der Waals surface area contributed by atoms with E-state index in [4.69, 9.17) is 15.9 Å². The summed E-state index contributed by atoms with van der Waals surface area (Å²) in [5.74, 6) is 1.85. The van der Waals surface area contributed by atoms with Crippen molar-refractivity contribution in [2.45, 2.75) is 93.4 Å². The first-order chi connectivity index (χ1) is 19.1. The molecule has 0 N–H and O–H groups in total. The Hall–Kier alpha value is -3.13. The molecule has 0 bridgehead atoms. The number of ketones is 1. The van der Waals surface area contributed by atoms with Crippen LogP contribution in [0.2, 0.25) is 0 Å². The van der Waals surface area contributed by atoms with E-state index in [-0.39, 0.29) is 51.4 Å². The molecule has 3 fully saturated rings. The third-order valence-corrected chi connectivity index (χ3v) is 12.2. The summed E-state index contributed by atoms with van der Waals surface area (Å²) >= 11 is 0. The van der Waals surface area contributed by atoms with E-state index in [0.717, 1.165) is 56.1 Å². The highest BCUT2D eigenvalue weighted by molar-refractivity contribution is 6.09. The van der Waals surface area contributed by atoms with Gasteiger partial charge in [0.05, 0.1) is 5.41 Å². The molecule has 6 atom stereocenters. The highest BCUT2D eigenvalue weighted by Gasteiger charge is 2.67. The maximum Gasteiger partial charge on any atom is 0.338 e. The maximum absolute atomic E-state index is 13.4. The third kappa shape index (κ3) is 4.08. The van der Waals surface area contributed by atoms with Gasteiger partial charge in [0.2, 0.25) is 5.78 Å². The Morgan fingerprint density at radius 1 is 1.05 bits per heavy atom. The van der Waals surface area contributed by atoms with Gasteiger partial charge in [-0.3, -0.25) is 9.59 Å². The van der Waals surface area contributed by atoms with Crippen LogP contribution in [0.3, 0.4) is 0 Å². The van der Waals surface area contributed by atoms with E-state index >= 15 is 0 Å². The first-order valence-electron chi connectivity index (χ1n) is 15.0. The van der Waals surface area contributed by atoms with Gasteiger partial charge in [0.25, 0.3) is 0 Å². The summed E-state index contributed by atoms with van der Waals surface area (Å²) in [7, 11) is 0. The fourth-order valence-electron chi connectivity index (χ4n) is 9.22. The fourth-order valence-corrected chi connectivity index (χ4v) is 9.22. The fraction of sp³-hybridized carbons (Fsp3) is 0.583. The molecule has 5 aliphatic carbocycles. The van der Waals surface area contributed by atoms with E-state index in [2.05, 4.69) is 59.3 Å². The van der Waals surface area contributed by atoms with Crippen LogP contribution in [0, 0.1) is 45.3 Å². The number of carbonyl (C=O) groups excluding carboxylic acids is 3. The predicted molar refractivity (Wildman–Crippen MR) is 159 cm³/mol. The molecule has 41 heavy (non-hydrogen) atoms. The van der Waals surface area contributed by atoms with E-state index in [9.17, 15) is 14.4 Å². The average Bonchev–Trinajstić information content (AvgIpc) is 2.92. The van der Waals surface area contributed by atoms with Gasteiger partial charge in [-0.25, -0.2) is 4.79 Å². The predicted octanol–water partition coefficient (Wildman–Crippen LogP) is 7.35. The smallest absolute Gasteiger partial charge is 0.338 e. The van der Waals surface area contributed by atoms with Crippen LogP contribution in [-0.2, 0) is 23.9 Å². The number of hydrogen-bond acceptors (Lipinski definition) is 5. The van der Waals surface area contributed by atoms with Crippen LogP contribution in [0.5, 0.6) is 0 Å². The topological polar surface area (TPSA) is 69.7 Å². The summed E-state index contributed by atoms with van der Waals surface area (Å²) in [4.78, 5) is 38.8. The second-order valence-corrected chi connectivity index (χ2v) is 14.5. The van der Waals surface area contributed by atoms with E-state index in [1.54, 1.807) is 13.0 Å². The molecule has 5 nitrogen and oxygen atoms in total. The molecule has 0 aliphatic heterocycles. The van der Waals surface area contributed by atoms with Gasteiger partial charge in [-0.15, -0.1) is 6.42 Å². The first-order valence-corrected chi connectivity index (χ1v) is 15.0. The maximum atomic E-state index is 13.4. The Bertz CT molecular complexity index is 1430. The Morgan fingerprint density at radius 2 is 1.73 bits per heavy atom. The molecule has 0 saturated heterocycles. The van der Waals surface area contributed by atoms with Gasteiger partial charge in [0.1, 0.15) is 0 Å². The van der Waals surface area contributed by atoms with Crippen LogP contribution in [0.25, 0.3) is 0 Å². The van der Waals surface area contributed by atoms with Gasteiger partial charge in [-0.05, 0) is 105 Å². The van der Waals surface area contributed by atoms with Gasteiger partial charge < -0.3 is 9.47 Å². The van der Waals surface area contributed by atoms with E-state index in [1.165, 1.54) is 5.57 Å². The lowest BCUT2D eigenvalue weighted by atomic mass is 9.34. The van der Waals surface area contributed by atoms with Crippen molar-refractivity contribution >= 4 is 17.7 Å². The minimum Gasteiger partial charge on any atom is -0.452 e. The van der Waals surface area contributed by atoms with Gasteiger partial charge in [-0.2, -0.15) is 0 Å². The number of carbonyl (C=O) groups is 3. The van der Waals surface area contributed by atoms with Crippen molar-refractivity contribution in [1.82, 2.24) is 0 Å². The normalized spacial score (nSPS) is 39.4. The molecular formula is C36H44O5. The van der Waals surface area contributed by atoms with Crippen molar-refractivity contribution in [3.05, 3.63) is 58.4 Å². The zero-order valence-corrected chi connectivity index (χ0v) is 25.8. The summed E-state index contributed by atoms with van der Waals surface area (Å²) in [5.41, 5.74) is 3.48. The van der Waals surface area contributed by atoms with E-state index in [0.29, 0.717) is 11.5 Å². The Morgan fingerprint density at radius 3 is 2.39 bits per heavy atom. The molecule has 0 spiro atoms. The molecule has 0 aromatic rings. The molecule has 5 aliphatic rings. The Kier molecular flexibility index (Phi) is 6.76. The monoisotopic (exact) mass is 556 g/mol. The van der Waals surface area contributed by atoms with Crippen molar-refractivity contribution in [2.75, 3.05) is 6.61 Å². The van der Waals surface area contributed by atoms with Crippen molar-refractivity contribution < 1.29 is 23.9 Å². The molecule has 5 heteroatoms. The van der Waals surface area contributed by atoms with Crippen LogP contribution in [0.1, 0.15) is 93.4 Å². The zero-order valence-electron chi connectivity index (χ0n) is 25.8. The Labute approximate surface area is 245 Å².